The zero-order valence-electron chi connectivity index (χ0n) is 14.4. The fourth-order valence-corrected chi connectivity index (χ4v) is 3.92. The van der Waals surface area contributed by atoms with E-state index >= 15 is 0 Å². The maximum Gasteiger partial charge on any atom is 0.115 e. The number of phenols is 1. The van der Waals surface area contributed by atoms with Crippen molar-refractivity contribution >= 4 is 22.3 Å². The highest BCUT2D eigenvalue weighted by atomic mass is 16.3. The van der Waals surface area contributed by atoms with Gasteiger partial charge in [-0.05, 0) is 35.9 Å². The number of anilines is 2. The van der Waals surface area contributed by atoms with E-state index in [4.69, 9.17) is 4.98 Å². The first kappa shape index (κ1) is 15.0. The van der Waals surface area contributed by atoms with Gasteiger partial charge in [0.15, 0.2) is 0 Å². The highest BCUT2D eigenvalue weighted by Crippen LogP contribution is 2.49. The molecule has 5 rings (SSSR count). The van der Waals surface area contributed by atoms with Gasteiger partial charge in [0.1, 0.15) is 5.75 Å². The van der Waals surface area contributed by atoms with E-state index in [0.29, 0.717) is 0 Å². The van der Waals surface area contributed by atoms with Gasteiger partial charge in [0.05, 0.1) is 16.9 Å². The molecule has 2 N–H and O–H groups in total. The first-order valence-corrected chi connectivity index (χ1v) is 8.80. The standard InChI is InChI=1S/C23H18N2O/c1-14-17-6-2-3-7-18(17)22-21(14)23(19-8-4-5-9-20(19)25-22)24-15-10-12-16(26)13-11-15/h2-14,26H,1H3,(H,24,25). The van der Waals surface area contributed by atoms with Crippen LogP contribution in [0.25, 0.3) is 22.2 Å². The zero-order valence-corrected chi connectivity index (χ0v) is 14.4. The molecule has 1 atom stereocenters. The van der Waals surface area contributed by atoms with E-state index < -0.39 is 0 Å². The molecule has 0 amide bonds. The molecule has 126 valence electrons. The lowest BCUT2D eigenvalue weighted by molar-refractivity contribution is 0.475. The first-order chi connectivity index (χ1) is 12.7. The SMILES string of the molecule is CC1c2ccccc2-c2nc3ccccc3c(Nc3ccc(O)cc3)c21. The van der Waals surface area contributed by atoms with Crippen LogP contribution in [0.2, 0.25) is 0 Å². The van der Waals surface area contributed by atoms with Crippen LogP contribution in [0.1, 0.15) is 24.0 Å². The van der Waals surface area contributed by atoms with Gasteiger partial charge in [-0.25, -0.2) is 4.98 Å². The van der Waals surface area contributed by atoms with E-state index in [2.05, 4.69) is 48.6 Å². The summed E-state index contributed by atoms with van der Waals surface area (Å²) in [5.74, 6) is 0.541. The summed E-state index contributed by atoms with van der Waals surface area (Å²) in [7, 11) is 0. The lowest BCUT2D eigenvalue weighted by Crippen LogP contribution is -2.01. The average molecular weight is 338 g/mol. The van der Waals surface area contributed by atoms with Crippen LogP contribution >= 0.6 is 0 Å². The molecule has 1 heterocycles. The smallest absolute Gasteiger partial charge is 0.115 e. The largest absolute Gasteiger partial charge is 0.508 e. The number of fused-ring (bicyclic) bond motifs is 4. The first-order valence-electron chi connectivity index (χ1n) is 8.80. The lowest BCUT2D eigenvalue weighted by atomic mass is 9.96. The van der Waals surface area contributed by atoms with Crippen LogP contribution in [0.3, 0.4) is 0 Å². The molecule has 1 aromatic heterocycles. The molecule has 0 saturated carbocycles. The summed E-state index contributed by atoms with van der Waals surface area (Å²) >= 11 is 0. The molecule has 4 aromatic rings. The van der Waals surface area contributed by atoms with Gasteiger partial charge in [0.25, 0.3) is 0 Å². The quantitative estimate of drug-likeness (QED) is 0.453. The Labute approximate surface area is 152 Å². The van der Waals surface area contributed by atoms with Crippen LogP contribution < -0.4 is 5.32 Å². The Bertz CT molecular complexity index is 1130. The molecule has 3 nitrogen and oxygen atoms in total. The minimum atomic E-state index is 0.265. The van der Waals surface area contributed by atoms with Crippen LogP contribution in [0.5, 0.6) is 5.75 Å². The number of aromatic hydroxyl groups is 1. The Hall–Kier alpha value is -3.33. The minimum Gasteiger partial charge on any atom is -0.508 e. The number of hydrogen-bond acceptors (Lipinski definition) is 3. The van der Waals surface area contributed by atoms with Gasteiger partial charge in [0.2, 0.25) is 0 Å². The summed E-state index contributed by atoms with van der Waals surface area (Å²) in [4.78, 5) is 4.98. The van der Waals surface area contributed by atoms with E-state index in [1.54, 1.807) is 12.1 Å². The highest BCUT2D eigenvalue weighted by Gasteiger charge is 2.30. The average Bonchev–Trinajstić information content (AvgIpc) is 2.96. The van der Waals surface area contributed by atoms with Gasteiger partial charge >= 0.3 is 0 Å². The predicted molar refractivity (Wildman–Crippen MR) is 106 cm³/mol. The van der Waals surface area contributed by atoms with Crippen molar-refractivity contribution < 1.29 is 5.11 Å². The number of phenolic OH excluding ortho intramolecular Hbond substituents is 1. The van der Waals surface area contributed by atoms with Crippen molar-refractivity contribution in [3.63, 3.8) is 0 Å². The van der Waals surface area contributed by atoms with Gasteiger partial charge in [-0.15, -0.1) is 0 Å². The van der Waals surface area contributed by atoms with Gasteiger partial charge < -0.3 is 10.4 Å². The summed E-state index contributed by atoms with van der Waals surface area (Å²) in [6.07, 6.45) is 0. The molecule has 1 aliphatic rings. The number of pyridine rings is 1. The number of nitrogens with one attached hydrogen (secondary N) is 1. The van der Waals surface area contributed by atoms with E-state index in [9.17, 15) is 5.11 Å². The third-order valence-electron chi connectivity index (χ3n) is 5.18. The van der Waals surface area contributed by atoms with Gasteiger partial charge in [-0.2, -0.15) is 0 Å². The maximum absolute atomic E-state index is 9.57. The monoisotopic (exact) mass is 338 g/mol. The van der Waals surface area contributed by atoms with Crippen molar-refractivity contribution in [1.82, 2.24) is 4.98 Å². The van der Waals surface area contributed by atoms with E-state index in [1.165, 1.54) is 16.7 Å². The molecule has 0 fully saturated rings. The van der Waals surface area contributed by atoms with Gasteiger partial charge in [0, 0.05) is 28.1 Å². The molecular formula is C23H18N2O. The number of nitrogens with zero attached hydrogens (tertiary/aromatic N) is 1. The van der Waals surface area contributed by atoms with Crippen LogP contribution in [-0.2, 0) is 0 Å². The molecule has 1 unspecified atom stereocenters. The Morgan fingerprint density at radius 1 is 0.885 bits per heavy atom. The van der Waals surface area contributed by atoms with Crippen molar-refractivity contribution in [3.05, 3.63) is 83.9 Å². The molecule has 0 radical (unpaired) electrons. The summed E-state index contributed by atoms with van der Waals surface area (Å²) < 4.78 is 0. The molecule has 0 aliphatic heterocycles. The van der Waals surface area contributed by atoms with Crippen LogP contribution in [0, 0.1) is 0 Å². The third kappa shape index (κ3) is 2.17. The number of benzene rings is 3. The number of aromatic nitrogens is 1. The van der Waals surface area contributed by atoms with Crippen LogP contribution in [0.4, 0.5) is 11.4 Å². The molecule has 3 heteroatoms. The zero-order chi connectivity index (χ0) is 17.7. The third-order valence-corrected chi connectivity index (χ3v) is 5.18. The van der Waals surface area contributed by atoms with Crippen LogP contribution in [0.15, 0.2) is 72.8 Å². The fraction of sp³-hybridized carbons (Fsp3) is 0.0870. The van der Waals surface area contributed by atoms with Crippen molar-refractivity contribution in [2.45, 2.75) is 12.8 Å². The Balaban J connectivity index is 1.78. The molecule has 0 bridgehead atoms. The van der Waals surface area contributed by atoms with Crippen molar-refractivity contribution in [2.75, 3.05) is 5.32 Å². The minimum absolute atomic E-state index is 0.265. The predicted octanol–water partition coefficient (Wildman–Crippen LogP) is 5.82. The van der Waals surface area contributed by atoms with Crippen molar-refractivity contribution in [3.8, 4) is 17.0 Å². The van der Waals surface area contributed by atoms with E-state index in [1.807, 2.05) is 24.3 Å². The molecular weight excluding hydrogens is 320 g/mol. The highest BCUT2D eigenvalue weighted by molar-refractivity contribution is 6.00. The number of para-hydroxylation sites is 1. The summed E-state index contributed by atoms with van der Waals surface area (Å²) in [5, 5.41) is 14.3. The molecule has 0 saturated heterocycles. The van der Waals surface area contributed by atoms with E-state index in [0.717, 1.165) is 28.0 Å². The second-order valence-electron chi connectivity index (χ2n) is 6.75. The van der Waals surface area contributed by atoms with E-state index in [-0.39, 0.29) is 11.7 Å². The molecule has 0 spiro atoms. The maximum atomic E-state index is 9.57. The second kappa shape index (κ2) is 5.60. The number of hydrogen-bond donors (Lipinski definition) is 2. The summed E-state index contributed by atoms with van der Waals surface area (Å²) in [5.41, 5.74) is 7.86. The number of rotatable bonds is 2. The van der Waals surface area contributed by atoms with Gasteiger partial charge in [-0.1, -0.05) is 49.4 Å². The summed E-state index contributed by atoms with van der Waals surface area (Å²) in [6.45, 7) is 2.24. The molecule has 1 aliphatic carbocycles. The second-order valence-corrected chi connectivity index (χ2v) is 6.75. The van der Waals surface area contributed by atoms with Crippen molar-refractivity contribution in [1.29, 1.82) is 0 Å². The lowest BCUT2D eigenvalue weighted by Gasteiger charge is -2.17. The Kier molecular flexibility index (Phi) is 3.22. The normalized spacial score (nSPS) is 14.9. The summed E-state index contributed by atoms with van der Waals surface area (Å²) in [6, 6.07) is 23.9. The van der Waals surface area contributed by atoms with Crippen molar-refractivity contribution in [2.24, 2.45) is 0 Å². The van der Waals surface area contributed by atoms with Gasteiger partial charge in [-0.3, -0.25) is 0 Å². The molecule has 3 aromatic carbocycles. The topological polar surface area (TPSA) is 45.2 Å². The Morgan fingerprint density at radius 2 is 1.62 bits per heavy atom. The fourth-order valence-electron chi connectivity index (χ4n) is 3.92. The molecule has 26 heavy (non-hydrogen) atoms. The Morgan fingerprint density at radius 3 is 2.46 bits per heavy atom. The van der Waals surface area contributed by atoms with Crippen LogP contribution in [-0.4, -0.2) is 10.1 Å².